The molecule has 4 rings (SSSR count). The second-order valence-electron chi connectivity index (χ2n) is 6.84. The van der Waals surface area contributed by atoms with Crippen molar-refractivity contribution < 1.29 is 9.53 Å². The molecule has 2 aromatic heterocycles. The molecule has 1 fully saturated rings. The van der Waals surface area contributed by atoms with Crippen LogP contribution in [0.25, 0.3) is 10.2 Å². The van der Waals surface area contributed by atoms with Crippen molar-refractivity contribution in [2.75, 3.05) is 13.2 Å². The van der Waals surface area contributed by atoms with E-state index in [4.69, 9.17) is 4.74 Å². The normalized spacial score (nSPS) is 19.9. The molecule has 0 radical (unpaired) electrons. The van der Waals surface area contributed by atoms with Gasteiger partial charge in [0.15, 0.2) is 0 Å². The minimum Gasteiger partial charge on any atom is -0.376 e. The number of ether oxygens (including phenoxy) is 1. The van der Waals surface area contributed by atoms with Gasteiger partial charge in [-0.25, -0.2) is 4.98 Å². The summed E-state index contributed by atoms with van der Waals surface area (Å²) in [5.74, 6) is 0.576. The number of aromatic nitrogens is 2. The van der Waals surface area contributed by atoms with Crippen LogP contribution >= 0.6 is 11.3 Å². The first-order valence-electron chi connectivity index (χ1n) is 9.12. The summed E-state index contributed by atoms with van der Waals surface area (Å²) in [5.41, 5.74) is 1.14. The molecule has 2 aliphatic rings. The maximum Gasteiger partial charge on any atom is 0.259 e. The van der Waals surface area contributed by atoms with Crippen molar-refractivity contribution in [1.82, 2.24) is 15.3 Å². The number of H-pyrrole nitrogens is 1. The lowest BCUT2D eigenvalue weighted by atomic mass is 9.97. The molecular formula is C18H23N3O3S. The standard InChI is InChI=1S/C18H23N3O3S/c22-15(19-10-11-4-3-9-24-11)8-7-14-20-17(23)16-12-5-1-2-6-13(12)25-18(16)21-14/h11H,1-10H2,(H,19,22)(H,20,21,23). The number of fused-ring (bicyclic) bond motifs is 3. The van der Waals surface area contributed by atoms with Crippen LogP contribution in [0.5, 0.6) is 0 Å². The first-order chi connectivity index (χ1) is 12.2. The Hall–Kier alpha value is -1.73. The molecule has 1 aliphatic carbocycles. The van der Waals surface area contributed by atoms with Crippen molar-refractivity contribution in [2.45, 2.75) is 57.5 Å². The minimum atomic E-state index is -0.0563. The number of hydrogen-bond donors (Lipinski definition) is 2. The van der Waals surface area contributed by atoms with Crippen molar-refractivity contribution in [1.29, 1.82) is 0 Å². The summed E-state index contributed by atoms with van der Waals surface area (Å²) in [6.07, 6.45) is 7.36. The van der Waals surface area contributed by atoms with Crippen LogP contribution in [0.15, 0.2) is 4.79 Å². The zero-order valence-corrected chi connectivity index (χ0v) is 15.0. The van der Waals surface area contributed by atoms with Crippen molar-refractivity contribution in [2.24, 2.45) is 0 Å². The van der Waals surface area contributed by atoms with Crippen LogP contribution in [0.2, 0.25) is 0 Å². The fourth-order valence-electron chi connectivity index (χ4n) is 3.68. The Balaban J connectivity index is 1.41. The van der Waals surface area contributed by atoms with Gasteiger partial charge >= 0.3 is 0 Å². The molecule has 1 amide bonds. The number of aryl methyl sites for hydroxylation is 3. The van der Waals surface area contributed by atoms with Gasteiger partial charge in [-0.2, -0.15) is 0 Å². The van der Waals surface area contributed by atoms with E-state index in [1.165, 1.54) is 16.9 Å². The Labute approximate surface area is 150 Å². The molecule has 2 N–H and O–H groups in total. The number of thiophene rings is 1. The molecule has 0 bridgehead atoms. The number of nitrogens with one attached hydrogen (secondary N) is 2. The molecule has 7 heteroatoms. The van der Waals surface area contributed by atoms with Crippen molar-refractivity contribution in [3.63, 3.8) is 0 Å². The van der Waals surface area contributed by atoms with Gasteiger partial charge in [0.1, 0.15) is 10.7 Å². The van der Waals surface area contributed by atoms with E-state index in [1.807, 2.05) is 0 Å². The molecule has 134 valence electrons. The number of rotatable bonds is 5. The Bertz CT molecular complexity index is 836. The van der Waals surface area contributed by atoms with Crippen LogP contribution < -0.4 is 10.9 Å². The molecule has 6 nitrogen and oxygen atoms in total. The highest BCUT2D eigenvalue weighted by Gasteiger charge is 2.20. The monoisotopic (exact) mass is 361 g/mol. The number of nitrogens with zero attached hydrogens (tertiary/aromatic N) is 1. The quantitative estimate of drug-likeness (QED) is 0.854. The molecule has 1 aliphatic heterocycles. The van der Waals surface area contributed by atoms with E-state index < -0.39 is 0 Å². The smallest absolute Gasteiger partial charge is 0.259 e. The summed E-state index contributed by atoms with van der Waals surface area (Å²) in [4.78, 5) is 34.1. The topological polar surface area (TPSA) is 84.1 Å². The number of aromatic amines is 1. The molecule has 1 atom stereocenters. The van der Waals surface area contributed by atoms with Gasteiger partial charge in [-0.05, 0) is 44.1 Å². The van der Waals surface area contributed by atoms with Crippen LogP contribution in [-0.2, 0) is 28.8 Å². The lowest BCUT2D eigenvalue weighted by Crippen LogP contribution is -2.32. The summed E-state index contributed by atoms with van der Waals surface area (Å²) >= 11 is 1.64. The van der Waals surface area contributed by atoms with Crippen LogP contribution in [0.4, 0.5) is 0 Å². The summed E-state index contributed by atoms with van der Waals surface area (Å²) < 4.78 is 5.50. The summed E-state index contributed by atoms with van der Waals surface area (Å²) in [6.45, 7) is 1.36. The van der Waals surface area contributed by atoms with Crippen LogP contribution in [0.1, 0.15) is 48.4 Å². The summed E-state index contributed by atoms with van der Waals surface area (Å²) in [5, 5.41) is 3.67. The summed E-state index contributed by atoms with van der Waals surface area (Å²) in [6, 6.07) is 0. The lowest BCUT2D eigenvalue weighted by Gasteiger charge is -2.10. The van der Waals surface area contributed by atoms with Crippen molar-refractivity contribution in [3.8, 4) is 0 Å². The van der Waals surface area contributed by atoms with Crippen LogP contribution in [0.3, 0.4) is 0 Å². The third-order valence-corrected chi connectivity index (χ3v) is 6.20. The van der Waals surface area contributed by atoms with Gasteiger partial charge in [-0.15, -0.1) is 11.3 Å². The first-order valence-corrected chi connectivity index (χ1v) is 9.94. The zero-order chi connectivity index (χ0) is 17.2. The Morgan fingerprint density at radius 2 is 2.20 bits per heavy atom. The van der Waals surface area contributed by atoms with Gasteiger partial charge in [0.05, 0.1) is 11.5 Å². The molecule has 0 saturated carbocycles. The van der Waals surface area contributed by atoms with E-state index in [2.05, 4.69) is 15.3 Å². The van der Waals surface area contributed by atoms with E-state index >= 15 is 0 Å². The largest absolute Gasteiger partial charge is 0.376 e. The fraction of sp³-hybridized carbons (Fsp3) is 0.611. The highest BCUT2D eigenvalue weighted by Crippen LogP contribution is 2.33. The second kappa shape index (κ2) is 7.25. The molecule has 1 unspecified atom stereocenters. The average Bonchev–Trinajstić information content (AvgIpc) is 3.25. The van der Waals surface area contributed by atoms with E-state index in [0.29, 0.717) is 25.2 Å². The van der Waals surface area contributed by atoms with Crippen LogP contribution in [-0.4, -0.2) is 35.1 Å². The van der Waals surface area contributed by atoms with E-state index in [1.54, 1.807) is 11.3 Å². The molecule has 1 saturated heterocycles. The number of carbonyl (C=O) groups excluding carboxylic acids is 1. The second-order valence-corrected chi connectivity index (χ2v) is 7.93. The van der Waals surface area contributed by atoms with E-state index in [-0.39, 0.29) is 17.6 Å². The van der Waals surface area contributed by atoms with Crippen molar-refractivity contribution in [3.05, 3.63) is 26.6 Å². The SMILES string of the molecule is O=C(CCc1nc2sc3c(c2c(=O)[nH]1)CCCC3)NCC1CCCO1. The van der Waals surface area contributed by atoms with Crippen molar-refractivity contribution >= 4 is 27.5 Å². The molecule has 3 heterocycles. The highest BCUT2D eigenvalue weighted by atomic mass is 32.1. The maximum atomic E-state index is 12.5. The number of carbonyl (C=O) groups is 1. The number of amides is 1. The minimum absolute atomic E-state index is 0.0243. The number of hydrogen-bond acceptors (Lipinski definition) is 5. The molecule has 25 heavy (non-hydrogen) atoms. The molecule has 0 aromatic carbocycles. The van der Waals surface area contributed by atoms with Gasteiger partial charge < -0.3 is 15.0 Å². The van der Waals surface area contributed by atoms with Crippen LogP contribution in [0, 0.1) is 0 Å². The molecule has 0 spiro atoms. The third-order valence-electron chi connectivity index (χ3n) is 5.01. The van der Waals surface area contributed by atoms with Gasteiger partial charge in [-0.3, -0.25) is 9.59 Å². The van der Waals surface area contributed by atoms with Gasteiger partial charge in [0.25, 0.3) is 5.56 Å². The van der Waals surface area contributed by atoms with E-state index in [9.17, 15) is 9.59 Å². The Morgan fingerprint density at radius 1 is 1.32 bits per heavy atom. The summed E-state index contributed by atoms with van der Waals surface area (Å²) in [7, 11) is 0. The predicted molar refractivity (Wildman–Crippen MR) is 97.2 cm³/mol. The first kappa shape index (κ1) is 16.7. The molecular weight excluding hydrogens is 338 g/mol. The van der Waals surface area contributed by atoms with E-state index in [0.717, 1.165) is 48.9 Å². The van der Waals surface area contributed by atoms with Gasteiger partial charge in [-0.1, -0.05) is 0 Å². The zero-order valence-electron chi connectivity index (χ0n) is 14.2. The Kier molecular flexibility index (Phi) is 4.85. The van der Waals surface area contributed by atoms with Gasteiger partial charge in [0, 0.05) is 30.9 Å². The third kappa shape index (κ3) is 3.62. The fourth-order valence-corrected chi connectivity index (χ4v) is 4.96. The highest BCUT2D eigenvalue weighted by molar-refractivity contribution is 7.18. The Morgan fingerprint density at radius 3 is 3.04 bits per heavy atom. The van der Waals surface area contributed by atoms with Gasteiger partial charge in [0.2, 0.25) is 5.91 Å². The maximum absolute atomic E-state index is 12.5. The molecule has 2 aromatic rings. The average molecular weight is 361 g/mol. The predicted octanol–water partition coefficient (Wildman–Crippen LogP) is 2.09. The lowest BCUT2D eigenvalue weighted by molar-refractivity contribution is -0.121.